The van der Waals surface area contributed by atoms with E-state index in [9.17, 15) is 8.42 Å². The summed E-state index contributed by atoms with van der Waals surface area (Å²) in [6.07, 6.45) is 1.29. The Bertz CT molecular complexity index is 497. The molecule has 2 rings (SSSR count). The summed E-state index contributed by atoms with van der Waals surface area (Å²) < 4.78 is 27.6. The van der Waals surface area contributed by atoms with Gasteiger partial charge in [0.15, 0.2) is 5.03 Å². The highest BCUT2D eigenvalue weighted by Crippen LogP contribution is 2.19. The van der Waals surface area contributed by atoms with Crippen LogP contribution >= 0.6 is 0 Å². The zero-order valence-corrected chi connectivity index (χ0v) is 11.0. The van der Waals surface area contributed by atoms with Crippen LogP contribution in [-0.4, -0.2) is 52.9 Å². The minimum Gasteiger partial charge on any atom is -0.311 e. The molecule has 0 aliphatic carbocycles. The Kier molecular flexibility index (Phi) is 3.19. The second-order valence-electron chi connectivity index (χ2n) is 4.30. The predicted molar refractivity (Wildman–Crippen MR) is 61.8 cm³/mol. The van der Waals surface area contributed by atoms with E-state index in [1.54, 1.807) is 7.05 Å². The van der Waals surface area contributed by atoms with Crippen LogP contribution in [0.15, 0.2) is 11.2 Å². The third-order valence-electron chi connectivity index (χ3n) is 3.22. The first-order valence-corrected chi connectivity index (χ1v) is 6.98. The molecule has 1 aromatic rings. The number of piperazine rings is 1. The molecule has 0 spiro atoms. The maximum atomic E-state index is 12.4. The van der Waals surface area contributed by atoms with Crippen molar-refractivity contribution in [2.24, 2.45) is 7.05 Å². The molecule has 1 aliphatic heterocycles. The molecule has 96 valence electrons. The zero-order valence-electron chi connectivity index (χ0n) is 10.2. The highest BCUT2D eigenvalue weighted by molar-refractivity contribution is 7.89. The van der Waals surface area contributed by atoms with Gasteiger partial charge >= 0.3 is 0 Å². The van der Waals surface area contributed by atoms with E-state index in [1.165, 1.54) is 15.2 Å². The van der Waals surface area contributed by atoms with Gasteiger partial charge in [0.05, 0.1) is 6.20 Å². The largest absolute Gasteiger partial charge is 0.311 e. The number of hydrogen-bond acceptors (Lipinski definition) is 5. The van der Waals surface area contributed by atoms with Crippen molar-refractivity contribution in [3.05, 3.63) is 6.20 Å². The Balaban J connectivity index is 2.36. The molecule has 2 heterocycles. The molecule has 1 aromatic heterocycles. The summed E-state index contributed by atoms with van der Waals surface area (Å²) in [5, 5.41) is 10.7. The van der Waals surface area contributed by atoms with Gasteiger partial charge in [-0.1, -0.05) is 5.21 Å². The summed E-state index contributed by atoms with van der Waals surface area (Å²) in [5.41, 5.74) is 0. The van der Waals surface area contributed by atoms with Gasteiger partial charge in [-0.15, -0.1) is 5.10 Å². The maximum absolute atomic E-state index is 12.4. The molecule has 7 nitrogen and oxygen atoms in total. The number of rotatable bonds is 2. The van der Waals surface area contributed by atoms with Gasteiger partial charge in [0.25, 0.3) is 10.0 Å². The fourth-order valence-electron chi connectivity index (χ4n) is 2.00. The Morgan fingerprint density at radius 2 is 2.18 bits per heavy atom. The minimum atomic E-state index is -3.50. The zero-order chi connectivity index (χ0) is 12.6. The van der Waals surface area contributed by atoms with Crippen LogP contribution < -0.4 is 5.32 Å². The molecule has 0 bridgehead atoms. The van der Waals surface area contributed by atoms with Gasteiger partial charge in [0.2, 0.25) is 0 Å². The molecule has 17 heavy (non-hydrogen) atoms. The standard InChI is InChI=1S/C9H17N5O2S/c1-7-8(2)14(5-4-10-7)17(15,16)9-6-11-12-13(9)3/h6-8,10H,4-5H2,1-3H3/t7-,8+/m0/s1. The topological polar surface area (TPSA) is 80.1 Å². The average molecular weight is 259 g/mol. The van der Waals surface area contributed by atoms with E-state index in [1.807, 2.05) is 13.8 Å². The van der Waals surface area contributed by atoms with Crippen LogP contribution in [0.1, 0.15) is 13.8 Å². The summed E-state index contributed by atoms with van der Waals surface area (Å²) in [6.45, 7) is 5.01. The predicted octanol–water partition coefficient (Wildman–Crippen LogP) is -0.814. The van der Waals surface area contributed by atoms with Crippen LogP contribution in [0.4, 0.5) is 0 Å². The van der Waals surface area contributed by atoms with Crippen molar-refractivity contribution in [1.29, 1.82) is 0 Å². The van der Waals surface area contributed by atoms with Crippen LogP contribution in [0.2, 0.25) is 0 Å². The van der Waals surface area contributed by atoms with Crippen molar-refractivity contribution in [2.75, 3.05) is 13.1 Å². The quantitative estimate of drug-likeness (QED) is 0.751. The Labute approximate surface area is 101 Å². The van der Waals surface area contributed by atoms with Crippen LogP contribution in [0.5, 0.6) is 0 Å². The number of nitrogens with zero attached hydrogens (tertiary/aromatic N) is 4. The lowest BCUT2D eigenvalue weighted by molar-refractivity contribution is 0.231. The molecule has 8 heteroatoms. The third-order valence-corrected chi connectivity index (χ3v) is 5.25. The van der Waals surface area contributed by atoms with Gasteiger partial charge in [-0.2, -0.15) is 4.31 Å². The normalized spacial score (nSPS) is 27.2. The molecular formula is C9H17N5O2S. The summed E-state index contributed by atoms with van der Waals surface area (Å²) in [4.78, 5) is 0. The smallest absolute Gasteiger partial charge is 0.262 e. The van der Waals surface area contributed by atoms with Gasteiger partial charge in [-0.3, -0.25) is 0 Å². The van der Waals surface area contributed by atoms with Crippen molar-refractivity contribution < 1.29 is 8.42 Å². The lowest BCUT2D eigenvalue weighted by atomic mass is 10.1. The van der Waals surface area contributed by atoms with Gasteiger partial charge in [-0.05, 0) is 13.8 Å². The number of nitrogens with one attached hydrogen (secondary N) is 1. The number of sulfonamides is 1. The number of aromatic nitrogens is 3. The summed E-state index contributed by atoms with van der Waals surface area (Å²) in [5.74, 6) is 0. The van der Waals surface area contributed by atoms with Crippen molar-refractivity contribution in [1.82, 2.24) is 24.6 Å². The van der Waals surface area contributed by atoms with E-state index >= 15 is 0 Å². The number of hydrogen-bond donors (Lipinski definition) is 1. The lowest BCUT2D eigenvalue weighted by Crippen LogP contribution is -2.57. The number of aryl methyl sites for hydroxylation is 1. The van der Waals surface area contributed by atoms with E-state index in [-0.39, 0.29) is 17.1 Å². The first-order valence-electron chi connectivity index (χ1n) is 5.54. The Morgan fingerprint density at radius 3 is 2.76 bits per heavy atom. The first-order chi connectivity index (χ1) is 7.94. The second kappa shape index (κ2) is 4.35. The highest BCUT2D eigenvalue weighted by Gasteiger charge is 2.36. The van der Waals surface area contributed by atoms with Crippen molar-refractivity contribution in [3.63, 3.8) is 0 Å². The molecule has 1 saturated heterocycles. The van der Waals surface area contributed by atoms with Gasteiger partial charge in [0, 0.05) is 32.2 Å². The first kappa shape index (κ1) is 12.5. The maximum Gasteiger partial charge on any atom is 0.262 e. The molecule has 2 atom stereocenters. The lowest BCUT2D eigenvalue weighted by Gasteiger charge is -2.37. The van der Waals surface area contributed by atoms with Crippen molar-refractivity contribution in [2.45, 2.75) is 31.0 Å². The molecule has 0 unspecified atom stereocenters. The minimum absolute atomic E-state index is 0.0800. The fourth-order valence-corrected chi connectivity index (χ4v) is 3.74. The molecule has 0 amide bonds. The van der Waals surface area contributed by atoms with Gasteiger partial charge < -0.3 is 5.32 Å². The summed E-state index contributed by atoms with van der Waals surface area (Å²) in [6, 6.07) is 0.0587. The van der Waals surface area contributed by atoms with E-state index in [0.717, 1.165) is 0 Å². The Hall–Kier alpha value is -0.990. The molecule has 1 aliphatic rings. The van der Waals surface area contributed by atoms with Crippen LogP contribution in [0.3, 0.4) is 0 Å². The van der Waals surface area contributed by atoms with Gasteiger partial charge in [-0.25, -0.2) is 13.1 Å². The SMILES string of the molecule is C[C@@H]1NCCN(S(=O)(=O)c2cnnn2C)[C@@H]1C. The molecule has 0 saturated carbocycles. The van der Waals surface area contributed by atoms with E-state index in [0.29, 0.717) is 13.1 Å². The fraction of sp³-hybridized carbons (Fsp3) is 0.778. The Morgan fingerprint density at radius 1 is 1.47 bits per heavy atom. The van der Waals surface area contributed by atoms with Crippen LogP contribution in [0, 0.1) is 0 Å². The van der Waals surface area contributed by atoms with E-state index in [4.69, 9.17) is 0 Å². The summed E-state index contributed by atoms with van der Waals surface area (Å²) >= 11 is 0. The average Bonchev–Trinajstić information content (AvgIpc) is 2.69. The monoisotopic (exact) mass is 259 g/mol. The molecule has 1 fully saturated rings. The molecule has 1 N–H and O–H groups in total. The molecule has 0 aromatic carbocycles. The van der Waals surface area contributed by atoms with E-state index in [2.05, 4.69) is 15.6 Å². The highest BCUT2D eigenvalue weighted by atomic mass is 32.2. The van der Waals surface area contributed by atoms with E-state index < -0.39 is 10.0 Å². The molecular weight excluding hydrogens is 242 g/mol. The van der Waals surface area contributed by atoms with Crippen LogP contribution in [0.25, 0.3) is 0 Å². The summed E-state index contributed by atoms with van der Waals surface area (Å²) in [7, 11) is -1.92. The van der Waals surface area contributed by atoms with Gasteiger partial charge in [0.1, 0.15) is 0 Å². The van der Waals surface area contributed by atoms with Crippen molar-refractivity contribution >= 4 is 10.0 Å². The molecule has 0 radical (unpaired) electrons. The van der Waals surface area contributed by atoms with Crippen LogP contribution in [-0.2, 0) is 17.1 Å². The third kappa shape index (κ3) is 2.07. The van der Waals surface area contributed by atoms with Crippen molar-refractivity contribution in [3.8, 4) is 0 Å². The second-order valence-corrected chi connectivity index (χ2v) is 6.13.